The minimum absolute atomic E-state index is 0.159. The number of rotatable bonds is 6. The number of aromatic nitrogens is 2. The molecule has 1 fully saturated rings. The first-order valence-corrected chi connectivity index (χ1v) is 12.9. The van der Waals surface area contributed by atoms with Crippen molar-refractivity contribution in [1.82, 2.24) is 9.97 Å². The van der Waals surface area contributed by atoms with Crippen molar-refractivity contribution in [2.45, 2.75) is 19.8 Å². The molecule has 5 rings (SSSR count). The molecule has 0 unspecified atom stereocenters. The third-order valence-corrected chi connectivity index (χ3v) is 8.04. The Hall–Kier alpha value is -3.17. The topological polar surface area (TPSA) is 70.6 Å². The van der Waals surface area contributed by atoms with Gasteiger partial charge in [0.05, 0.1) is 17.5 Å². The van der Waals surface area contributed by atoms with Crippen LogP contribution in [-0.2, 0) is 0 Å². The van der Waals surface area contributed by atoms with Crippen molar-refractivity contribution in [2.75, 3.05) is 49.4 Å². The Balaban J connectivity index is 1.45. The van der Waals surface area contributed by atoms with Crippen LogP contribution < -0.4 is 19.9 Å². The summed E-state index contributed by atoms with van der Waals surface area (Å²) >= 11 is 3.03. The van der Waals surface area contributed by atoms with E-state index >= 15 is 0 Å². The SMILES string of the molecule is COc1ccc(-c2csc(N(C)C)n2)c2sc(NC(=O)c3ccc(N4CCCC4)cc3C)nc12. The molecular weight excluding hydrogens is 466 g/mol. The van der Waals surface area contributed by atoms with Crippen LogP contribution >= 0.6 is 22.7 Å². The minimum atomic E-state index is -0.159. The number of nitrogens with zero attached hydrogens (tertiary/aromatic N) is 4. The van der Waals surface area contributed by atoms with Gasteiger partial charge < -0.3 is 14.5 Å². The highest BCUT2D eigenvalue weighted by molar-refractivity contribution is 7.23. The number of hydrogen-bond donors (Lipinski definition) is 1. The summed E-state index contributed by atoms with van der Waals surface area (Å²) in [5.41, 5.74) is 5.38. The van der Waals surface area contributed by atoms with Gasteiger partial charge in [-0.15, -0.1) is 11.3 Å². The maximum Gasteiger partial charge on any atom is 0.257 e. The summed E-state index contributed by atoms with van der Waals surface area (Å²) in [6.45, 7) is 4.14. The van der Waals surface area contributed by atoms with E-state index in [4.69, 9.17) is 14.7 Å². The van der Waals surface area contributed by atoms with Crippen molar-refractivity contribution in [1.29, 1.82) is 0 Å². The number of methoxy groups -OCH3 is 1. The Labute approximate surface area is 207 Å². The highest BCUT2D eigenvalue weighted by Crippen LogP contribution is 2.40. The first-order chi connectivity index (χ1) is 16.4. The number of amides is 1. The van der Waals surface area contributed by atoms with E-state index in [9.17, 15) is 4.79 Å². The Morgan fingerprint density at radius 2 is 1.94 bits per heavy atom. The largest absolute Gasteiger partial charge is 0.494 e. The van der Waals surface area contributed by atoms with Gasteiger partial charge in [-0.2, -0.15) is 0 Å². The molecule has 34 heavy (non-hydrogen) atoms. The maximum atomic E-state index is 13.1. The van der Waals surface area contributed by atoms with E-state index in [-0.39, 0.29) is 5.91 Å². The van der Waals surface area contributed by atoms with E-state index in [0.29, 0.717) is 16.4 Å². The molecule has 1 N–H and O–H groups in total. The molecule has 0 bridgehead atoms. The molecule has 0 radical (unpaired) electrons. The lowest BCUT2D eigenvalue weighted by Crippen LogP contribution is -2.19. The van der Waals surface area contributed by atoms with Gasteiger partial charge in [0.1, 0.15) is 11.3 Å². The van der Waals surface area contributed by atoms with Crippen molar-refractivity contribution < 1.29 is 9.53 Å². The lowest BCUT2D eigenvalue weighted by molar-refractivity contribution is 0.102. The summed E-state index contributed by atoms with van der Waals surface area (Å²) < 4.78 is 6.48. The fourth-order valence-electron chi connectivity index (χ4n) is 4.24. The summed E-state index contributed by atoms with van der Waals surface area (Å²) in [5.74, 6) is 0.512. The highest BCUT2D eigenvalue weighted by Gasteiger charge is 2.20. The second-order valence-electron chi connectivity index (χ2n) is 8.57. The lowest BCUT2D eigenvalue weighted by Gasteiger charge is -2.19. The Morgan fingerprint density at radius 3 is 2.62 bits per heavy atom. The molecule has 1 saturated heterocycles. The van der Waals surface area contributed by atoms with Crippen LogP contribution in [0.15, 0.2) is 35.7 Å². The number of aryl methyl sites for hydroxylation is 1. The number of carbonyl (C=O) groups is 1. The van der Waals surface area contributed by atoms with Gasteiger partial charge in [0.2, 0.25) is 0 Å². The lowest BCUT2D eigenvalue weighted by atomic mass is 10.1. The van der Waals surface area contributed by atoms with E-state index in [1.165, 1.54) is 29.9 Å². The van der Waals surface area contributed by atoms with Crippen molar-refractivity contribution in [3.8, 4) is 17.0 Å². The van der Waals surface area contributed by atoms with Crippen molar-refractivity contribution in [2.24, 2.45) is 0 Å². The average molecular weight is 494 g/mol. The number of fused-ring (bicyclic) bond motifs is 1. The summed E-state index contributed by atoms with van der Waals surface area (Å²) in [7, 11) is 5.59. The van der Waals surface area contributed by atoms with Crippen LogP contribution in [0.4, 0.5) is 16.0 Å². The van der Waals surface area contributed by atoms with Crippen molar-refractivity contribution >= 4 is 54.7 Å². The molecule has 1 amide bonds. The van der Waals surface area contributed by atoms with Gasteiger partial charge in [0.25, 0.3) is 5.91 Å². The molecule has 9 heteroatoms. The minimum Gasteiger partial charge on any atom is -0.494 e. The van der Waals surface area contributed by atoms with E-state index in [1.807, 2.05) is 55.6 Å². The van der Waals surface area contributed by atoms with Gasteiger partial charge in [-0.3, -0.25) is 10.1 Å². The van der Waals surface area contributed by atoms with E-state index in [0.717, 1.165) is 45.3 Å². The Kier molecular flexibility index (Phi) is 6.14. The van der Waals surface area contributed by atoms with E-state index in [1.54, 1.807) is 18.4 Å². The van der Waals surface area contributed by atoms with Crippen LogP contribution in [0, 0.1) is 6.92 Å². The molecule has 0 spiro atoms. The fourth-order valence-corrected chi connectivity index (χ4v) is 5.99. The zero-order valence-electron chi connectivity index (χ0n) is 19.7. The number of benzene rings is 2. The third kappa shape index (κ3) is 4.21. The van der Waals surface area contributed by atoms with Gasteiger partial charge in [0, 0.05) is 49.4 Å². The Bertz CT molecular complexity index is 1350. The predicted molar refractivity (Wildman–Crippen MR) is 142 cm³/mol. The molecule has 2 aromatic carbocycles. The average Bonchev–Trinajstić information content (AvgIpc) is 3.58. The highest BCUT2D eigenvalue weighted by atomic mass is 32.1. The summed E-state index contributed by atoms with van der Waals surface area (Å²) in [4.78, 5) is 26.9. The van der Waals surface area contributed by atoms with Crippen LogP contribution in [0.1, 0.15) is 28.8 Å². The van der Waals surface area contributed by atoms with Crippen molar-refractivity contribution in [3.05, 3.63) is 46.8 Å². The molecule has 0 saturated carbocycles. The van der Waals surface area contributed by atoms with Gasteiger partial charge in [-0.25, -0.2) is 9.97 Å². The third-order valence-electron chi connectivity index (χ3n) is 6.02. The van der Waals surface area contributed by atoms with Gasteiger partial charge in [-0.1, -0.05) is 11.3 Å². The quantitative estimate of drug-likeness (QED) is 0.374. The number of hydrogen-bond acceptors (Lipinski definition) is 8. The first kappa shape index (κ1) is 22.6. The normalized spacial score (nSPS) is 13.5. The zero-order valence-corrected chi connectivity index (χ0v) is 21.3. The van der Waals surface area contributed by atoms with Crippen LogP contribution in [0.5, 0.6) is 5.75 Å². The molecular formula is C25H27N5O2S2. The van der Waals surface area contributed by atoms with Crippen LogP contribution in [0.3, 0.4) is 0 Å². The molecule has 1 aliphatic rings. The molecule has 3 heterocycles. The van der Waals surface area contributed by atoms with Gasteiger partial charge in [0.15, 0.2) is 10.3 Å². The molecule has 4 aromatic rings. The van der Waals surface area contributed by atoms with Crippen LogP contribution in [-0.4, -0.2) is 50.2 Å². The molecule has 176 valence electrons. The summed E-state index contributed by atoms with van der Waals surface area (Å²) in [5, 5.41) is 6.52. The van der Waals surface area contributed by atoms with Crippen LogP contribution in [0.2, 0.25) is 0 Å². The number of thiazole rings is 2. The van der Waals surface area contributed by atoms with Gasteiger partial charge in [-0.05, 0) is 55.7 Å². The standard InChI is InChI=1S/C25H27N5O2S2/c1-15-13-16(30-11-5-6-12-30)7-8-17(15)23(31)28-24-27-21-20(32-4)10-9-18(22(21)34-24)19-14-33-25(26-19)29(2)3/h7-10,13-14H,5-6,11-12H2,1-4H3,(H,27,28,31). The second kappa shape index (κ2) is 9.23. The summed E-state index contributed by atoms with van der Waals surface area (Å²) in [6.07, 6.45) is 2.45. The van der Waals surface area contributed by atoms with Crippen LogP contribution in [0.25, 0.3) is 21.5 Å². The maximum absolute atomic E-state index is 13.1. The summed E-state index contributed by atoms with van der Waals surface area (Å²) in [6, 6.07) is 9.96. The predicted octanol–water partition coefficient (Wildman–Crippen LogP) is 5.66. The second-order valence-corrected chi connectivity index (χ2v) is 10.4. The zero-order chi connectivity index (χ0) is 23.8. The Morgan fingerprint density at radius 1 is 1.15 bits per heavy atom. The van der Waals surface area contributed by atoms with Crippen molar-refractivity contribution in [3.63, 3.8) is 0 Å². The fraction of sp³-hybridized carbons (Fsp3) is 0.320. The van der Waals surface area contributed by atoms with E-state index < -0.39 is 0 Å². The molecule has 0 atom stereocenters. The molecule has 0 aliphatic carbocycles. The molecule has 7 nitrogen and oxygen atoms in total. The molecule has 1 aliphatic heterocycles. The molecule has 2 aromatic heterocycles. The number of ether oxygens (including phenoxy) is 1. The monoisotopic (exact) mass is 493 g/mol. The number of carbonyl (C=O) groups excluding carboxylic acids is 1. The number of nitrogens with one attached hydrogen (secondary N) is 1. The number of anilines is 3. The smallest absolute Gasteiger partial charge is 0.257 e. The van der Waals surface area contributed by atoms with E-state index in [2.05, 4.69) is 16.3 Å². The first-order valence-electron chi connectivity index (χ1n) is 11.2. The van der Waals surface area contributed by atoms with Gasteiger partial charge >= 0.3 is 0 Å².